The maximum absolute atomic E-state index is 14.5. The zero-order valence-electron chi connectivity index (χ0n) is 16.9. The molecule has 4 aromatic rings. The first-order chi connectivity index (χ1) is 14.7. The normalized spacial score (nSPS) is 11.5. The van der Waals surface area contributed by atoms with Crippen LogP contribution in [-0.4, -0.2) is 6.04 Å². The standard InChI is InChI=1S/C27H26NOP/c29-30(26-17-9-3-10-18-26,27-19-11-4-12-20-27)28-25(21-23-13-5-1-6-14-23)22-24-15-7-2-8-16-24/h1-20,25H,21-22H2,(H,28,29). The number of nitrogens with one attached hydrogen (secondary N) is 1. The van der Waals surface area contributed by atoms with Crippen LogP contribution in [0, 0.1) is 0 Å². The molecular formula is C27H26NOP. The Morgan fingerprint density at radius 1 is 0.533 bits per heavy atom. The molecule has 0 saturated heterocycles. The summed E-state index contributed by atoms with van der Waals surface area (Å²) in [5.41, 5.74) is 2.47. The van der Waals surface area contributed by atoms with Gasteiger partial charge in [-0.25, -0.2) is 0 Å². The lowest BCUT2D eigenvalue weighted by molar-refractivity contribution is 0.549. The van der Waals surface area contributed by atoms with Crippen molar-refractivity contribution in [3.05, 3.63) is 132 Å². The van der Waals surface area contributed by atoms with Gasteiger partial charge in [0.2, 0.25) is 7.29 Å². The summed E-state index contributed by atoms with van der Waals surface area (Å²) in [5.74, 6) is 0. The van der Waals surface area contributed by atoms with Gasteiger partial charge in [-0.1, -0.05) is 97.1 Å². The van der Waals surface area contributed by atoms with Gasteiger partial charge >= 0.3 is 0 Å². The molecule has 0 aliphatic heterocycles. The van der Waals surface area contributed by atoms with E-state index in [0.717, 1.165) is 23.5 Å². The zero-order valence-corrected chi connectivity index (χ0v) is 17.8. The van der Waals surface area contributed by atoms with Crippen molar-refractivity contribution in [2.45, 2.75) is 18.9 Å². The number of hydrogen-bond acceptors (Lipinski definition) is 1. The molecule has 0 amide bonds. The van der Waals surface area contributed by atoms with E-state index in [1.54, 1.807) is 0 Å². The Kier molecular flexibility index (Phi) is 6.59. The SMILES string of the molecule is O=P(NC(Cc1ccccc1)Cc1ccccc1)(c1ccccc1)c1ccccc1. The highest BCUT2D eigenvalue weighted by atomic mass is 31.2. The van der Waals surface area contributed by atoms with E-state index in [1.807, 2.05) is 72.8 Å². The molecule has 0 bridgehead atoms. The second-order valence-electron chi connectivity index (χ2n) is 7.49. The van der Waals surface area contributed by atoms with Gasteiger partial charge < -0.3 is 0 Å². The summed E-state index contributed by atoms with van der Waals surface area (Å²) in [7, 11) is -3.00. The fourth-order valence-corrected chi connectivity index (χ4v) is 6.27. The van der Waals surface area contributed by atoms with Crippen LogP contribution in [0.2, 0.25) is 0 Å². The fraction of sp³-hybridized carbons (Fsp3) is 0.111. The van der Waals surface area contributed by atoms with E-state index < -0.39 is 7.29 Å². The molecular weight excluding hydrogens is 385 g/mol. The highest BCUT2D eigenvalue weighted by Crippen LogP contribution is 2.40. The van der Waals surface area contributed by atoms with Crippen molar-refractivity contribution in [3.63, 3.8) is 0 Å². The molecule has 0 saturated carbocycles. The van der Waals surface area contributed by atoms with Crippen LogP contribution in [0.3, 0.4) is 0 Å². The molecule has 0 unspecified atom stereocenters. The van der Waals surface area contributed by atoms with Gasteiger partial charge in [-0.15, -0.1) is 0 Å². The van der Waals surface area contributed by atoms with Crippen LogP contribution in [0.25, 0.3) is 0 Å². The molecule has 0 atom stereocenters. The van der Waals surface area contributed by atoms with Gasteiger partial charge in [0, 0.05) is 16.7 Å². The highest BCUT2D eigenvalue weighted by Gasteiger charge is 2.30. The molecule has 0 heterocycles. The molecule has 3 heteroatoms. The molecule has 4 rings (SSSR count). The predicted octanol–water partition coefficient (Wildman–Crippen LogP) is 5.36. The largest absolute Gasteiger partial charge is 0.297 e. The van der Waals surface area contributed by atoms with Crippen LogP contribution in [0.4, 0.5) is 0 Å². The van der Waals surface area contributed by atoms with Gasteiger partial charge in [-0.2, -0.15) is 0 Å². The minimum absolute atomic E-state index is 0.0287. The second-order valence-corrected chi connectivity index (χ2v) is 10.00. The Labute approximate surface area is 179 Å². The first kappa shape index (κ1) is 20.3. The van der Waals surface area contributed by atoms with Crippen molar-refractivity contribution in [1.29, 1.82) is 0 Å². The number of rotatable bonds is 8. The van der Waals surface area contributed by atoms with Crippen LogP contribution in [0.5, 0.6) is 0 Å². The van der Waals surface area contributed by atoms with Crippen molar-refractivity contribution in [2.24, 2.45) is 0 Å². The summed E-state index contributed by atoms with van der Waals surface area (Å²) in [5, 5.41) is 5.29. The van der Waals surface area contributed by atoms with Gasteiger partial charge in [-0.3, -0.25) is 9.65 Å². The van der Waals surface area contributed by atoms with E-state index in [0.29, 0.717) is 0 Å². The van der Waals surface area contributed by atoms with Crippen molar-refractivity contribution >= 4 is 17.9 Å². The smallest absolute Gasteiger partial charge is 0.204 e. The molecule has 0 aromatic heterocycles. The minimum Gasteiger partial charge on any atom is -0.297 e. The Morgan fingerprint density at radius 3 is 1.23 bits per heavy atom. The highest BCUT2D eigenvalue weighted by molar-refractivity contribution is 7.76. The van der Waals surface area contributed by atoms with Gasteiger partial charge in [0.15, 0.2) is 0 Å². The van der Waals surface area contributed by atoms with Crippen LogP contribution in [0.1, 0.15) is 11.1 Å². The van der Waals surface area contributed by atoms with E-state index in [-0.39, 0.29) is 6.04 Å². The summed E-state index contributed by atoms with van der Waals surface area (Å²) < 4.78 is 14.5. The molecule has 150 valence electrons. The van der Waals surface area contributed by atoms with Crippen molar-refractivity contribution in [3.8, 4) is 0 Å². The van der Waals surface area contributed by atoms with Gasteiger partial charge in [0.05, 0.1) is 0 Å². The first-order valence-electron chi connectivity index (χ1n) is 10.3. The first-order valence-corrected chi connectivity index (χ1v) is 12.0. The molecule has 0 aliphatic carbocycles. The van der Waals surface area contributed by atoms with Gasteiger partial charge in [0.25, 0.3) is 0 Å². The summed E-state index contributed by atoms with van der Waals surface area (Å²) in [6, 6.07) is 40.4. The third kappa shape index (κ3) is 4.97. The Hall–Kier alpha value is -2.93. The zero-order chi connectivity index (χ0) is 20.7. The van der Waals surface area contributed by atoms with Crippen molar-refractivity contribution in [1.82, 2.24) is 5.09 Å². The fourth-order valence-electron chi connectivity index (χ4n) is 3.79. The lowest BCUT2D eigenvalue weighted by Crippen LogP contribution is -2.37. The molecule has 4 aromatic carbocycles. The summed E-state index contributed by atoms with van der Waals surface area (Å²) in [4.78, 5) is 0. The van der Waals surface area contributed by atoms with Crippen molar-refractivity contribution < 1.29 is 4.57 Å². The van der Waals surface area contributed by atoms with E-state index in [4.69, 9.17) is 0 Å². The molecule has 0 spiro atoms. The number of hydrogen-bond donors (Lipinski definition) is 1. The van der Waals surface area contributed by atoms with Crippen LogP contribution in [-0.2, 0) is 17.4 Å². The maximum Gasteiger partial charge on any atom is 0.204 e. The molecule has 0 fully saturated rings. The van der Waals surface area contributed by atoms with Crippen LogP contribution >= 0.6 is 7.29 Å². The Balaban J connectivity index is 1.71. The third-order valence-corrected chi connectivity index (χ3v) is 8.03. The van der Waals surface area contributed by atoms with Crippen LogP contribution < -0.4 is 15.7 Å². The number of benzene rings is 4. The molecule has 1 N–H and O–H groups in total. The molecule has 2 nitrogen and oxygen atoms in total. The minimum atomic E-state index is -3.00. The van der Waals surface area contributed by atoms with Crippen LogP contribution in [0.15, 0.2) is 121 Å². The average molecular weight is 411 g/mol. The average Bonchev–Trinajstić information content (AvgIpc) is 2.81. The summed E-state index contributed by atoms with van der Waals surface area (Å²) >= 11 is 0. The maximum atomic E-state index is 14.5. The molecule has 30 heavy (non-hydrogen) atoms. The lowest BCUT2D eigenvalue weighted by atomic mass is 10.00. The quantitative estimate of drug-likeness (QED) is 0.396. The lowest BCUT2D eigenvalue weighted by Gasteiger charge is -2.27. The topological polar surface area (TPSA) is 29.1 Å². The predicted molar refractivity (Wildman–Crippen MR) is 127 cm³/mol. The van der Waals surface area contributed by atoms with E-state index >= 15 is 0 Å². The van der Waals surface area contributed by atoms with E-state index in [1.165, 1.54) is 11.1 Å². The molecule has 0 radical (unpaired) electrons. The van der Waals surface area contributed by atoms with Gasteiger partial charge in [0.1, 0.15) is 0 Å². The second kappa shape index (κ2) is 9.71. The van der Waals surface area contributed by atoms with E-state index in [2.05, 4.69) is 53.6 Å². The Morgan fingerprint density at radius 2 is 0.867 bits per heavy atom. The third-order valence-electron chi connectivity index (χ3n) is 5.25. The van der Waals surface area contributed by atoms with E-state index in [9.17, 15) is 4.57 Å². The van der Waals surface area contributed by atoms with Gasteiger partial charge in [-0.05, 0) is 48.2 Å². The molecule has 0 aliphatic rings. The van der Waals surface area contributed by atoms with Crippen molar-refractivity contribution in [2.75, 3.05) is 0 Å². The summed E-state index contributed by atoms with van der Waals surface area (Å²) in [6.07, 6.45) is 1.61. The summed E-state index contributed by atoms with van der Waals surface area (Å²) in [6.45, 7) is 0. The Bertz CT molecular complexity index is 998. The monoisotopic (exact) mass is 411 g/mol.